The molecule has 0 fully saturated rings. The van der Waals surface area contributed by atoms with E-state index in [4.69, 9.17) is 15.2 Å². The minimum atomic E-state index is 0.606. The first kappa shape index (κ1) is 15.0. The highest BCUT2D eigenvalue weighted by Gasteiger charge is 2.03. The fraction of sp³-hybridized carbons (Fsp3) is 0.294. The second-order valence-corrected chi connectivity index (χ2v) is 4.67. The van der Waals surface area contributed by atoms with Gasteiger partial charge in [-0.1, -0.05) is 18.2 Å². The average molecular weight is 286 g/mol. The van der Waals surface area contributed by atoms with E-state index in [0.29, 0.717) is 12.3 Å². The van der Waals surface area contributed by atoms with Gasteiger partial charge in [-0.2, -0.15) is 0 Å². The number of hydrogen-bond donors (Lipinski definition) is 2. The second kappa shape index (κ2) is 7.43. The van der Waals surface area contributed by atoms with Crippen molar-refractivity contribution in [3.8, 4) is 11.5 Å². The zero-order valence-corrected chi connectivity index (χ0v) is 12.6. The van der Waals surface area contributed by atoms with E-state index in [1.807, 2.05) is 43.3 Å². The SMILES string of the molecule is CCOc1cc(NCCc2ccccc2OC)ccc1N. The van der Waals surface area contributed by atoms with E-state index in [-0.39, 0.29) is 0 Å². The molecule has 0 aliphatic heterocycles. The zero-order chi connectivity index (χ0) is 15.1. The maximum atomic E-state index is 5.86. The maximum absolute atomic E-state index is 5.86. The number of ether oxygens (including phenoxy) is 2. The molecule has 0 radical (unpaired) electrons. The molecule has 21 heavy (non-hydrogen) atoms. The van der Waals surface area contributed by atoms with Crippen molar-refractivity contribution in [2.75, 3.05) is 31.3 Å². The molecule has 0 aliphatic rings. The molecular formula is C17H22N2O2. The Morgan fingerprint density at radius 2 is 1.90 bits per heavy atom. The Morgan fingerprint density at radius 1 is 1.10 bits per heavy atom. The van der Waals surface area contributed by atoms with Crippen LogP contribution in [-0.4, -0.2) is 20.3 Å². The number of methoxy groups -OCH3 is 1. The molecule has 0 spiro atoms. The summed E-state index contributed by atoms with van der Waals surface area (Å²) in [4.78, 5) is 0. The van der Waals surface area contributed by atoms with Crippen LogP contribution >= 0.6 is 0 Å². The lowest BCUT2D eigenvalue weighted by Gasteiger charge is -2.12. The summed E-state index contributed by atoms with van der Waals surface area (Å²) in [5, 5.41) is 3.38. The number of para-hydroxylation sites is 1. The lowest BCUT2D eigenvalue weighted by Crippen LogP contribution is -2.06. The quantitative estimate of drug-likeness (QED) is 0.767. The van der Waals surface area contributed by atoms with Gasteiger partial charge in [0.25, 0.3) is 0 Å². The van der Waals surface area contributed by atoms with Crippen molar-refractivity contribution in [2.24, 2.45) is 0 Å². The third-order valence-corrected chi connectivity index (χ3v) is 3.23. The summed E-state index contributed by atoms with van der Waals surface area (Å²) < 4.78 is 10.8. The number of benzene rings is 2. The monoisotopic (exact) mass is 286 g/mol. The van der Waals surface area contributed by atoms with Crippen LogP contribution in [0.3, 0.4) is 0 Å². The summed E-state index contributed by atoms with van der Waals surface area (Å²) in [5.41, 5.74) is 8.71. The predicted octanol–water partition coefficient (Wildman–Crippen LogP) is 3.33. The van der Waals surface area contributed by atoms with Gasteiger partial charge in [0.05, 0.1) is 19.4 Å². The Kier molecular flexibility index (Phi) is 5.32. The molecule has 0 saturated heterocycles. The maximum Gasteiger partial charge on any atom is 0.144 e. The Labute approximate surface area is 125 Å². The number of nitrogens with two attached hydrogens (primary N) is 1. The van der Waals surface area contributed by atoms with Crippen molar-refractivity contribution in [1.82, 2.24) is 0 Å². The summed E-state index contributed by atoms with van der Waals surface area (Å²) >= 11 is 0. The molecular weight excluding hydrogens is 264 g/mol. The van der Waals surface area contributed by atoms with Crippen LogP contribution in [0.5, 0.6) is 11.5 Å². The van der Waals surface area contributed by atoms with Gasteiger partial charge in [0, 0.05) is 18.3 Å². The van der Waals surface area contributed by atoms with Crippen LogP contribution in [0.4, 0.5) is 11.4 Å². The molecule has 2 aromatic rings. The molecule has 0 aliphatic carbocycles. The molecule has 112 valence electrons. The van der Waals surface area contributed by atoms with Crippen molar-refractivity contribution in [2.45, 2.75) is 13.3 Å². The van der Waals surface area contributed by atoms with E-state index in [1.54, 1.807) is 7.11 Å². The van der Waals surface area contributed by atoms with E-state index in [2.05, 4.69) is 11.4 Å². The van der Waals surface area contributed by atoms with E-state index < -0.39 is 0 Å². The number of anilines is 2. The van der Waals surface area contributed by atoms with Gasteiger partial charge in [-0.3, -0.25) is 0 Å². The molecule has 3 N–H and O–H groups in total. The van der Waals surface area contributed by atoms with E-state index in [1.165, 1.54) is 5.56 Å². The highest BCUT2D eigenvalue weighted by molar-refractivity contribution is 5.61. The summed E-state index contributed by atoms with van der Waals surface area (Å²) in [7, 11) is 1.70. The molecule has 0 aromatic heterocycles. The topological polar surface area (TPSA) is 56.5 Å². The van der Waals surface area contributed by atoms with E-state index >= 15 is 0 Å². The van der Waals surface area contributed by atoms with Crippen LogP contribution in [0.2, 0.25) is 0 Å². The molecule has 0 bridgehead atoms. The van der Waals surface area contributed by atoms with Crippen molar-refractivity contribution in [3.63, 3.8) is 0 Å². The Hall–Kier alpha value is -2.36. The minimum Gasteiger partial charge on any atom is -0.496 e. The van der Waals surface area contributed by atoms with Gasteiger partial charge in [0.1, 0.15) is 11.5 Å². The van der Waals surface area contributed by atoms with Gasteiger partial charge in [-0.05, 0) is 37.1 Å². The average Bonchev–Trinajstić information content (AvgIpc) is 2.51. The summed E-state index contributed by atoms with van der Waals surface area (Å²) in [5.74, 6) is 1.64. The second-order valence-electron chi connectivity index (χ2n) is 4.67. The standard InChI is InChI=1S/C17H22N2O2/c1-3-21-17-12-14(8-9-15(17)18)19-11-10-13-6-4-5-7-16(13)20-2/h4-9,12,19H,3,10-11,18H2,1-2H3. The normalized spacial score (nSPS) is 10.2. The summed E-state index contributed by atoms with van der Waals surface area (Å²) in [6, 6.07) is 13.8. The Balaban J connectivity index is 1.95. The highest BCUT2D eigenvalue weighted by atomic mass is 16.5. The van der Waals surface area contributed by atoms with Gasteiger partial charge in [0.15, 0.2) is 0 Å². The van der Waals surface area contributed by atoms with E-state index in [0.717, 1.165) is 30.2 Å². The van der Waals surface area contributed by atoms with Gasteiger partial charge in [-0.25, -0.2) is 0 Å². The first-order chi connectivity index (χ1) is 10.2. The molecule has 2 aromatic carbocycles. The molecule has 0 atom stereocenters. The third kappa shape index (κ3) is 4.05. The van der Waals surface area contributed by atoms with Gasteiger partial charge < -0.3 is 20.5 Å². The summed E-state index contributed by atoms with van der Waals surface area (Å²) in [6.07, 6.45) is 0.887. The van der Waals surface area contributed by atoms with Crippen LogP contribution in [0.15, 0.2) is 42.5 Å². The number of hydrogen-bond acceptors (Lipinski definition) is 4. The number of rotatable bonds is 7. The lowest BCUT2D eigenvalue weighted by atomic mass is 10.1. The number of nitrogens with one attached hydrogen (secondary N) is 1. The van der Waals surface area contributed by atoms with Crippen molar-refractivity contribution >= 4 is 11.4 Å². The zero-order valence-electron chi connectivity index (χ0n) is 12.6. The lowest BCUT2D eigenvalue weighted by molar-refractivity contribution is 0.342. The van der Waals surface area contributed by atoms with Crippen LogP contribution in [-0.2, 0) is 6.42 Å². The Morgan fingerprint density at radius 3 is 2.67 bits per heavy atom. The van der Waals surface area contributed by atoms with Crippen molar-refractivity contribution < 1.29 is 9.47 Å². The predicted molar refractivity (Wildman–Crippen MR) is 87.2 cm³/mol. The number of nitrogen functional groups attached to an aromatic ring is 1. The highest BCUT2D eigenvalue weighted by Crippen LogP contribution is 2.25. The van der Waals surface area contributed by atoms with Gasteiger partial charge in [-0.15, -0.1) is 0 Å². The van der Waals surface area contributed by atoms with Crippen LogP contribution in [0.25, 0.3) is 0 Å². The van der Waals surface area contributed by atoms with Crippen LogP contribution < -0.4 is 20.5 Å². The molecule has 2 rings (SSSR count). The van der Waals surface area contributed by atoms with Crippen molar-refractivity contribution in [1.29, 1.82) is 0 Å². The molecule has 4 heteroatoms. The summed E-state index contributed by atoms with van der Waals surface area (Å²) in [6.45, 7) is 3.37. The van der Waals surface area contributed by atoms with Crippen LogP contribution in [0, 0.1) is 0 Å². The minimum absolute atomic E-state index is 0.606. The third-order valence-electron chi connectivity index (χ3n) is 3.23. The molecule has 0 saturated carbocycles. The molecule has 0 heterocycles. The fourth-order valence-electron chi connectivity index (χ4n) is 2.18. The fourth-order valence-corrected chi connectivity index (χ4v) is 2.18. The first-order valence-corrected chi connectivity index (χ1v) is 7.12. The van der Waals surface area contributed by atoms with E-state index in [9.17, 15) is 0 Å². The molecule has 0 unspecified atom stereocenters. The molecule has 4 nitrogen and oxygen atoms in total. The van der Waals surface area contributed by atoms with Crippen LogP contribution in [0.1, 0.15) is 12.5 Å². The smallest absolute Gasteiger partial charge is 0.144 e. The molecule has 0 amide bonds. The van der Waals surface area contributed by atoms with Gasteiger partial charge in [0.2, 0.25) is 0 Å². The first-order valence-electron chi connectivity index (χ1n) is 7.12. The Bertz CT molecular complexity index is 585. The van der Waals surface area contributed by atoms with Gasteiger partial charge >= 0.3 is 0 Å². The van der Waals surface area contributed by atoms with Crippen molar-refractivity contribution in [3.05, 3.63) is 48.0 Å². The largest absolute Gasteiger partial charge is 0.496 e.